The largest absolute Gasteiger partial charge is 0.482 e. The number of carbonyl (C=O) groups excluding carboxylic acids is 1. The van der Waals surface area contributed by atoms with Crippen molar-refractivity contribution in [2.45, 2.75) is 19.4 Å². The first kappa shape index (κ1) is 24.7. The maximum atomic E-state index is 12.2. The summed E-state index contributed by atoms with van der Waals surface area (Å²) >= 11 is 7.27. The minimum atomic E-state index is -0.689. The van der Waals surface area contributed by atoms with E-state index in [-0.39, 0.29) is 43.0 Å². The number of nitrogens with one attached hydrogen (secondary N) is 2. The summed E-state index contributed by atoms with van der Waals surface area (Å²) in [6, 6.07) is 11.1. The monoisotopic (exact) mass is 564 g/mol. The number of guanidine groups is 1. The molecule has 3 N–H and O–H groups in total. The summed E-state index contributed by atoms with van der Waals surface area (Å²) in [7, 11) is 0. The van der Waals surface area contributed by atoms with Crippen LogP contribution in [0, 0.1) is 0 Å². The number of anilines is 1. The quantitative estimate of drug-likeness (QED) is 0.198. The van der Waals surface area contributed by atoms with Gasteiger partial charge in [0.15, 0.2) is 12.6 Å². The molecule has 1 unspecified atom stereocenters. The lowest BCUT2D eigenvalue weighted by atomic mass is 10.2. The van der Waals surface area contributed by atoms with Gasteiger partial charge in [-0.15, -0.1) is 35.3 Å². The number of thiophene rings is 1. The fourth-order valence-electron chi connectivity index (χ4n) is 2.96. The van der Waals surface area contributed by atoms with Gasteiger partial charge in [0.05, 0.1) is 16.6 Å². The molecule has 0 spiro atoms. The number of para-hydroxylation sites is 2. The van der Waals surface area contributed by atoms with E-state index in [1.807, 2.05) is 37.3 Å². The molecule has 0 aliphatic carbocycles. The van der Waals surface area contributed by atoms with Gasteiger partial charge in [0.2, 0.25) is 0 Å². The molecule has 1 aliphatic heterocycles. The predicted octanol–water partition coefficient (Wildman–Crippen LogP) is 3.42. The van der Waals surface area contributed by atoms with E-state index in [0.29, 0.717) is 29.9 Å². The second kappa shape index (κ2) is 12.3. The highest BCUT2D eigenvalue weighted by atomic mass is 127. The van der Waals surface area contributed by atoms with Crippen LogP contribution >= 0.6 is 46.9 Å². The topological polar surface area (TPSA) is 86.2 Å². The van der Waals surface area contributed by atoms with Crippen LogP contribution in [0.5, 0.6) is 5.75 Å². The number of hydrogen-bond donors (Lipinski definition) is 3. The third-order valence-electron chi connectivity index (χ3n) is 4.35. The molecular formula is C20H26ClIN4O3S. The van der Waals surface area contributed by atoms with Crippen molar-refractivity contribution in [1.82, 2.24) is 10.6 Å². The molecule has 30 heavy (non-hydrogen) atoms. The molecule has 0 fully saturated rings. The number of ether oxygens (including phenoxy) is 1. The maximum Gasteiger partial charge on any atom is 0.265 e. The fourth-order valence-corrected chi connectivity index (χ4v) is 4.00. The van der Waals surface area contributed by atoms with Crippen molar-refractivity contribution in [1.29, 1.82) is 0 Å². The minimum absolute atomic E-state index is 0. The number of benzene rings is 1. The maximum absolute atomic E-state index is 12.2. The molecule has 0 radical (unpaired) electrons. The number of nitrogens with zero attached hydrogens (tertiary/aromatic N) is 2. The third kappa shape index (κ3) is 6.73. The molecule has 164 valence electrons. The molecule has 1 aromatic carbocycles. The van der Waals surface area contributed by atoms with Crippen LogP contribution in [0.1, 0.15) is 24.3 Å². The first-order chi connectivity index (χ1) is 14.1. The standard InChI is InChI=1S/C20H25ClN4O3S.HI/c1-2-22-20(24-12-15(26)17-8-9-18(21)29-17)23-10-5-11-25-14-6-3-4-7-16(14)28-13-19(25)27;/h3-4,6-9,15,26H,2,5,10-13H2,1H3,(H2,22,23,24);1H. The van der Waals surface area contributed by atoms with Crippen LogP contribution in [0.4, 0.5) is 5.69 Å². The van der Waals surface area contributed by atoms with Gasteiger partial charge in [0, 0.05) is 24.5 Å². The first-order valence-electron chi connectivity index (χ1n) is 9.56. The van der Waals surface area contributed by atoms with Gasteiger partial charge in [-0.1, -0.05) is 23.7 Å². The van der Waals surface area contributed by atoms with Gasteiger partial charge >= 0.3 is 0 Å². The minimum Gasteiger partial charge on any atom is -0.482 e. The van der Waals surface area contributed by atoms with Crippen molar-refractivity contribution in [3.63, 3.8) is 0 Å². The average molecular weight is 565 g/mol. The van der Waals surface area contributed by atoms with Crippen LogP contribution < -0.4 is 20.3 Å². The fraction of sp³-hybridized carbons (Fsp3) is 0.400. The second-order valence-electron chi connectivity index (χ2n) is 6.46. The zero-order chi connectivity index (χ0) is 20.6. The molecule has 1 aliphatic rings. The molecule has 0 saturated carbocycles. The van der Waals surface area contributed by atoms with Gasteiger partial charge in [-0.05, 0) is 37.6 Å². The summed E-state index contributed by atoms with van der Waals surface area (Å²) in [4.78, 5) is 19.2. The zero-order valence-corrected chi connectivity index (χ0v) is 20.5. The molecule has 10 heteroatoms. The van der Waals surface area contributed by atoms with E-state index in [1.165, 1.54) is 11.3 Å². The summed E-state index contributed by atoms with van der Waals surface area (Å²) in [5, 5.41) is 16.7. The number of fused-ring (bicyclic) bond motifs is 1. The Morgan fingerprint density at radius 1 is 1.33 bits per heavy atom. The lowest BCUT2D eigenvalue weighted by Crippen LogP contribution is -2.42. The van der Waals surface area contributed by atoms with Gasteiger partial charge in [-0.3, -0.25) is 9.79 Å². The van der Waals surface area contributed by atoms with E-state index >= 15 is 0 Å². The highest BCUT2D eigenvalue weighted by molar-refractivity contribution is 14.0. The number of rotatable bonds is 8. The Balaban J connectivity index is 0.00000320. The second-order valence-corrected chi connectivity index (χ2v) is 8.21. The molecule has 1 atom stereocenters. The van der Waals surface area contributed by atoms with E-state index in [0.717, 1.165) is 22.7 Å². The zero-order valence-electron chi connectivity index (χ0n) is 16.6. The molecule has 3 rings (SSSR count). The van der Waals surface area contributed by atoms with Crippen molar-refractivity contribution < 1.29 is 14.6 Å². The van der Waals surface area contributed by atoms with Crippen LogP contribution in [0.25, 0.3) is 0 Å². The molecular weight excluding hydrogens is 539 g/mol. The lowest BCUT2D eigenvalue weighted by Gasteiger charge is -2.29. The Hall–Kier alpha value is -1.56. The molecule has 7 nitrogen and oxygen atoms in total. The van der Waals surface area contributed by atoms with Gasteiger partial charge in [0.1, 0.15) is 11.9 Å². The SMILES string of the molecule is CCNC(=NCC(O)c1ccc(Cl)s1)NCCCN1C(=O)COc2ccccc21.I. The van der Waals surface area contributed by atoms with E-state index in [4.69, 9.17) is 16.3 Å². The summed E-state index contributed by atoms with van der Waals surface area (Å²) in [5.41, 5.74) is 0.807. The molecule has 2 aromatic rings. The summed E-state index contributed by atoms with van der Waals surface area (Å²) < 4.78 is 6.11. The van der Waals surface area contributed by atoms with Crippen molar-refractivity contribution >= 4 is 64.5 Å². The highest BCUT2D eigenvalue weighted by Crippen LogP contribution is 2.31. The van der Waals surface area contributed by atoms with Gasteiger partial charge in [-0.25, -0.2) is 0 Å². The Bertz CT molecular complexity index is 864. The van der Waals surface area contributed by atoms with Gasteiger partial charge in [0.25, 0.3) is 5.91 Å². The summed E-state index contributed by atoms with van der Waals surface area (Å²) in [6.07, 6.45) is 0.0542. The molecule has 0 saturated heterocycles. The number of aliphatic hydroxyl groups excluding tert-OH is 1. The lowest BCUT2D eigenvalue weighted by molar-refractivity contribution is -0.121. The highest BCUT2D eigenvalue weighted by Gasteiger charge is 2.24. The summed E-state index contributed by atoms with van der Waals surface area (Å²) in [5.74, 6) is 1.32. The van der Waals surface area contributed by atoms with Crippen molar-refractivity contribution in [2.75, 3.05) is 37.7 Å². The number of amides is 1. The molecule has 1 aromatic heterocycles. The van der Waals surface area contributed by atoms with Crippen LogP contribution in [-0.2, 0) is 4.79 Å². The number of carbonyl (C=O) groups is 1. The van der Waals surface area contributed by atoms with Crippen molar-refractivity contribution in [3.8, 4) is 5.75 Å². The van der Waals surface area contributed by atoms with E-state index < -0.39 is 6.10 Å². The van der Waals surface area contributed by atoms with Crippen molar-refractivity contribution in [3.05, 3.63) is 45.6 Å². The first-order valence-corrected chi connectivity index (χ1v) is 10.8. The Kier molecular flexibility index (Phi) is 10.2. The van der Waals surface area contributed by atoms with Crippen LogP contribution in [0.15, 0.2) is 41.4 Å². The normalized spacial score (nSPS) is 14.4. The number of halogens is 2. The van der Waals surface area contributed by atoms with E-state index in [2.05, 4.69) is 15.6 Å². The molecule has 0 bridgehead atoms. The Morgan fingerprint density at radius 2 is 2.13 bits per heavy atom. The average Bonchev–Trinajstić information content (AvgIpc) is 3.16. The molecule has 1 amide bonds. The summed E-state index contributed by atoms with van der Waals surface area (Å²) in [6.45, 7) is 4.22. The third-order valence-corrected chi connectivity index (χ3v) is 5.68. The molecule has 2 heterocycles. The number of aliphatic hydroxyl groups is 1. The van der Waals surface area contributed by atoms with Crippen LogP contribution in [0.3, 0.4) is 0 Å². The van der Waals surface area contributed by atoms with Crippen LogP contribution in [0.2, 0.25) is 4.34 Å². The smallest absolute Gasteiger partial charge is 0.265 e. The number of hydrogen-bond acceptors (Lipinski definition) is 5. The Morgan fingerprint density at radius 3 is 2.87 bits per heavy atom. The van der Waals surface area contributed by atoms with Crippen molar-refractivity contribution in [2.24, 2.45) is 4.99 Å². The van der Waals surface area contributed by atoms with Crippen LogP contribution in [-0.4, -0.2) is 49.8 Å². The van der Waals surface area contributed by atoms with E-state index in [1.54, 1.807) is 11.0 Å². The predicted molar refractivity (Wildman–Crippen MR) is 133 cm³/mol. The van der Waals surface area contributed by atoms with E-state index in [9.17, 15) is 9.90 Å². The number of aliphatic imine (C=N–C) groups is 1. The Labute approximate surface area is 202 Å². The van der Waals surface area contributed by atoms with Gasteiger partial charge < -0.3 is 25.4 Å². The van der Waals surface area contributed by atoms with Gasteiger partial charge in [-0.2, -0.15) is 0 Å².